The van der Waals surface area contributed by atoms with Crippen molar-refractivity contribution in [3.05, 3.63) is 17.5 Å². The highest BCUT2D eigenvalue weighted by Crippen LogP contribution is 2.05. The molecule has 0 fully saturated rings. The van der Waals surface area contributed by atoms with E-state index in [1.165, 1.54) is 6.20 Å². The van der Waals surface area contributed by atoms with Crippen LogP contribution in [-0.4, -0.2) is 22.4 Å². The molecule has 1 rings (SSSR count). The molecule has 13 heavy (non-hydrogen) atoms. The normalized spacial score (nSPS) is 9.69. The fourth-order valence-corrected chi connectivity index (χ4v) is 0.888. The van der Waals surface area contributed by atoms with E-state index in [1.54, 1.807) is 6.07 Å². The van der Waals surface area contributed by atoms with Crippen molar-refractivity contribution in [2.75, 3.05) is 11.9 Å². The Hall–Kier alpha value is -1.20. The number of halogens is 1. The van der Waals surface area contributed by atoms with Crippen molar-refractivity contribution < 1.29 is 4.79 Å². The highest BCUT2D eigenvalue weighted by Gasteiger charge is 2.01. The Labute approximate surface area is 80.3 Å². The van der Waals surface area contributed by atoms with Crippen molar-refractivity contribution in [3.8, 4) is 0 Å². The monoisotopic (exact) mass is 200 g/mol. The molecule has 0 bridgehead atoms. The maximum absolute atomic E-state index is 11.0. The molecule has 1 aromatic heterocycles. The lowest BCUT2D eigenvalue weighted by Gasteiger charge is -2.01. The molecule has 0 unspecified atom stereocenters. The van der Waals surface area contributed by atoms with Crippen LogP contribution in [0.5, 0.6) is 0 Å². The first kappa shape index (κ1) is 9.88. The molecule has 1 aromatic rings. The van der Waals surface area contributed by atoms with Gasteiger partial charge in [0.1, 0.15) is 5.82 Å². The number of nitrogens with two attached hydrogens (primary N) is 1. The molecule has 0 saturated carbocycles. The molecule has 0 atom stereocenters. The van der Waals surface area contributed by atoms with Crippen LogP contribution in [0, 0.1) is 0 Å². The number of carbonyl (C=O) groups is 1. The summed E-state index contributed by atoms with van der Waals surface area (Å²) in [6, 6.07) is 1.56. The average Bonchev–Trinajstić information content (AvgIpc) is 2.04. The summed E-state index contributed by atoms with van der Waals surface area (Å²) in [5, 5.41) is 2.63. The van der Waals surface area contributed by atoms with Crippen molar-refractivity contribution >= 4 is 23.3 Å². The third kappa shape index (κ3) is 3.35. The number of hydrogen-bond acceptors (Lipinski definition) is 4. The first-order valence-corrected chi connectivity index (χ1v) is 4.08. The number of aromatic nitrogens is 2. The van der Waals surface area contributed by atoms with E-state index in [2.05, 4.69) is 15.3 Å². The highest BCUT2D eigenvalue weighted by atomic mass is 35.5. The standard InChI is InChI=1S/C7H9ClN4O/c8-7-10-4-2-5(12-7)11-6(13)1-3-9/h2,4H,1,3,9H2,(H,10,11,12,13). The van der Waals surface area contributed by atoms with Gasteiger partial charge in [0.25, 0.3) is 0 Å². The third-order valence-electron chi connectivity index (χ3n) is 1.27. The van der Waals surface area contributed by atoms with Crippen molar-refractivity contribution in [1.29, 1.82) is 0 Å². The zero-order valence-electron chi connectivity index (χ0n) is 6.83. The van der Waals surface area contributed by atoms with E-state index in [9.17, 15) is 4.79 Å². The summed E-state index contributed by atoms with van der Waals surface area (Å²) in [5.41, 5.74) is 5.19. The van der Waals surface area contributed by atoms with Gasteiger partial charge in [0.15, 0.2) is 0 Å². The molecule has 6 heteroatoms. The molecule has 0 aliphatic carbocycles. The van der Waals surface area contributed by atoms with Gasteiger partial charge in [0.05, 0.1) is 0 Å². The summed E-state index contributed by atoms with van der Waals surface area (Å²) in [6.07, 6.45) is 1.73. The van der Waals surface area contributed by atoms with Crippen LogP contribution >= 0.6 is 11.6 Å². The molecular formula is C7H9ClN4O. The van der Waals surface area contributed by atoms with Gasteiger partial charge in [0, 0.05) is 19.2 Å². The van der Waals surface area contributed by atoms with Crippen molar-refractivity contribution in [1.82, 2.24) is 9.97 Å². The zero-order valence-corrected chi connectivity index (χ0v) is 7.58. The van der Waals surface area contributed by atoms with Crippen LogP contribution in [0.15, 0.2) is 12.3 Å². The lowest BCUT2D eigenvalue weighted by molar-refractivity contribution is -0.116. The minimum atomic E-state index is -0.183. The second kappa shape index (κ2) is 4.74. The first-order chi connectivity index (χ1) is 6.22. The minimum Gasteiger partial charge on any atom is -0.330 e. The number of rotatable bonds is 3. The summed E-state index contributed by atoms with van der Waals surface area (Å²) in [5.74, 6) is 0.204. The van der Waals surface area contributed by atoms with Gasteiger partial charge in [-0.1, -0.05) is 0 Å². The van der Waals surface area contributed by atoms with Crippen LogP contribution in [0.25, 0.3) is 0 Å². The molecular weight excluding hydrogens is 192 g/mol. The van der Waals surface area contributed by atoms with Crippen LogP contribution in [0.1, 0.15) is 6.42 Å². The van der Waals surface area contributed by atoms with Gasteiger partial charge in [0.2, 0.25) is 11.2 Å². The van der Waals surface area contributed by atoms with Gasteiger partial charge in [-0.15, -0.1) is 0 Å². The number of carbonyl (C=O) groups excluding carboxylic acids is 1. The van der Waals surface area contributed by atoms with Crippen LogP contribution in [-0.2, 0) is 4.79 Å². The Morgan fingerprint density at radius 2 is 2.46 bits per heavy atom. The fourth-order valence-electron chi connectivity index (χ4n) is 0.741. The molecule has 0 saturated heterocycles. The van der Waals surface area contributed by atoms with Crippen molar-refractivity contribution in [3.63, 3.8) is 0 Å². The summed E-state index contributed by atoms with van der Waals surface area (Å²) >= 11 is 5.51. The van der Waals surface area contributed by atoms with Crippen LogP contribution < -0.4 is 11.1 Å². The van der Waals surface area contributed by atoms with Crippen LogP contribution in [0.2, 0.25) is 5.28 Å². The van der Waals surface area contributed by atoms with Gasteiger partial charge in [-0.25, -0.2) is 9.97 Å². The first-order valence-electron chi connectivity index (χ1n) is 3.71. The molecule has 3 N–H and O–H groups in total. The average molecular weight is 201 g/mol. The predicted octanol–water partition coefficient (Wildman–Crippen LogP) is 0.417. The lowest BCUT2D eigenvalue weighted by Crippen LogP contribution is -2.16. The van der Waals surface area contributed by atoms with Gasteiger partial charge in [-0.2, -0.15) is 0 Å². The van der Waals surface area contributed by atoms with E-state index >= 15 is 0 Å². The van der Waals surface area contributed by atoms with E-state index in [-0.39, 0.29) is 17.6 Å². The van der Waals surface area contributed by atoms with E-state index < -0.39 is 0 Å². The molecule has 70 valence electrons. The Morgan fingerprint density at radius 1 is 1.69 bits per heavy atom. The fraction of sp³-hybridized carbons (Fsp3) is 0.286. The Balaban J connectivity index is 2.58. The second-order valence-electron chi connectivity index (χ2n) is 2.30. The summed E-state index contributed by atoms with van der Waals surface area (Å²) in [7, 11) is 0. The van der Waals surface area contributed by atoms with Gasteiger partial charge < -0.3 is 11.1 Å². The second-order valence-corrected chi connectivity index (χ2v) is 2.64. The quantitative estimate of drug-likeness (QED) is 0.693. The number of hydrogen-bond donors (Lipinski definition) is 2. The van der Waals surface area contributed by atoms with E-state index in [0.717, 1.165) is 0 Å². The Bertz CT molecular complexity index is 304. The molecule has 0 aliphatic rings. The number of anilines is 1. The van der Waals surface area contributed by atoms with Crippen LogP contribution in [0.4, 0.5) is 5.82 Å². The summed E-state index contributed by atoms with van der Waals surface area (Å²) < 4.78 is 0. The van der Waals surface area contributed by atoms with Crippen molar-refractivity contribution in [2.45, 2.75) is 6.42 Å². The number of nitrogens with one attached hydrogen (secondary N) is 1. The zero-order chi connectivity index (χ0) is 9.68. The molecule has 1 amide bonds. The Kier molecular flexibility index (Phi) is 3.60. The lowest BCUT2D eigenvalue weighted by atomic mass is 10.4. The van der Waals surface area contributed by atoms with E-state index in [1.807, 2.05) is 0 Å². The third-order valence-corrected chi connectivity index (χ3v) is 1.45. The minimum absolute atomic E-state index is 0.102. The molecule has 0 aliphatic heterocycles. The van der Waals surface area contributed by atoms with E-state index in [4.69, 9.17) is 17.3 Å². The topological polar surface area (TPSA) is 80.9 Å². The summed E-state index contributed by atoms with van der Waals surface area (Å²) in [4.78, 5) is 18.5. The number of nitrogens with zero attached hydrogens (tertiary/aromatic N) is 2. The summed E-state index contributed by atoms with van der Waals surface area (Å²) in [6.45, 7) is 0.310. The SMILES string of the molecule is NCCC(=O)Nc1ccnc(Cl)n1. The molecule has 0 spiro atoms. The predicted molar refractivity (Wildman–Crippen MR) is 49.3 cm³/mol. The largest absolute Gasteiger partial charge is 0.330 e. The van der Waals surface area contributed by atoms with Crippen LogP contribution in [0.3, 0.4) is 0 Å². The maximum Gasteiger partial charge on any atom is 0.226 e. The smallest absolute Gasteiger partial charge is 0.226 e. The number of amides is 1. The molecule has 1 heterocycles. The van der Waals surface area contributed by atoms with Crippen molar-refractivity contribution in [2.24, 2.45) is 5.73 Å². The highest BCUT2D eigenvalue weighted by molar-refractivity contribution is 6.28. The van der Waals surface area contributed by atoms with Gasteiger partial charge in [-0.3, -0.25) is 4.79 Å². The van der Waals surface area contributed by atoms with Gasteiger partial charge >= 0.3 is 0 Å². The molecule has 0 aromatic carbocycles. The van der Waals surface area contributed by atoms with E-state index in [0.29, 0.717) is 12.4 Å². The maximum atomic E-state index is 11.0. The molecule has 5 nitrogen and oxygen atoms in total. The van der Waals surface area contributed by atoms with Gasteiger partial charge in [-0.05, 0) is 17.7 Å². The Morgan fingerprint density at radius 3 is 3.08 bits per heavy atom. The molecule has 0 radical (unpaired) electrons.